The van der Waals surface area contributed by atoms with E-state index in [-0.39, 0.29) is 6.71 Å². The number of para-hydroxylation sites is 2. The lowest BCUT2D eigenvalue weighted by atomic mass is 9.34. The van der Waals surface area contributed by atoms with Crippen molar-refractivity contribution in [3.05, 3.63) is 150 Å². The SMILES string of the molecule is Cc1ccc(N(c2ccc(C)cc2)c2ccc3c(c2)Oc2c(C)ccc4c2B3c2ccccc2N4c2ccccc2)cc1. The van der Waals surface area contributed by atoms with Crippen LogP contribution in [0.25, 0.3) is 0 Å². The number of anilines is 6. The summed E-state index contributed by atoms with van der Waals surface area (Å²) in [5, 5.41) is 0. The molecule has 0 aromatic heterocycles. The van der Waals surface area contributed by atoms with Gasteiger partial charge in [-0.2, -0.15) is 0 Å². The normalized spacial score (nSPS) is 12.6. The van der Waals surface area contributed by atoms with Crippen LogP contribution in [0.4, 0.5) is 34.1 Å². The number of fused-ring (bicyclic) bond motifs is 4. The van der Waals surface area contributed by atoms with E-state index in [9.17, 15) is 0 Å². The molecule has 206 valence electrons. The first-order chi connectivity index (χ1) is 21.1. The van der Waals surface area contributed by atoms with Gasteiger partial charge >= 0.3 is 0 Å². The van der Waals surface area contributed by atoms with E-state index in [1.165, 1.54) is 38.9 Å². The molecular weight excluding hydrogens is 523 g/mol. The Morgan fingerprint density at radius 3 is 1.88 bits per heavy atom. The van der Waals surface area contributed by atoms with Gasteiger partial charge in [-0.25, -0.2) is 0 Å². The van der Waals surface area contributed by atoms with E-state index in [4.69, 9.17) is 4.74 Å². The molecule has 2 aliphatic rings. The maximum Gasteiger partial charge on any atom is 0.256 e. The minimum atomic E-state index is 0.0751. The van der Waals surface area contributed by atoms with Crippen LogP contribution in [0.1, 0.15) is 16.7 Å². The molecule has 4 heteroatoms. The fraction of sp³-hybridized carbons (Fsp3) is 0.0769. The van der Waals surface area contributed by atoms with E-state index < -0.39 is 0 Å². The number of hydrogen-bond acceptors (Lipinski definition) is 3. The quantitative estimate of drug-likeness (QED) is 0.203. The van der Waals surface area contributed by atoms with Crippen LogP contribution < -0.4 is 30.9 Å². The first-order valence-electron chi connectivity index (χ1n) is 14.9. The zero-order chi connectivity index (χ0) is 29.1. The Morgan fingerprint density at radius 2 is 1.19 bits per heavy atom. The Morgan fingerprint density at radius 1 is 0.558 bits per heavy atom. The fourth-order valence-corrected chi connectivity index (χ4v) is 6.64. The largest absolute Gasteiger partial charge is 0.458 e. The molecule has 0 amide bonds. The molecule has 0 saturated carbocycles. The Hall–Kier alpha value is -5.22. The molecule has 0 aliphatic carbocycles. The van der Waals surface area contributed by atoms with Gasteiger partial charge in [-0.1, -0.05) is 83.9 Å². The van der Waals surface area contributed by atoms with Crippen LogP contribution in [0.2, 0.25) is 0 Å². The molecule has 0 atom stereocenters. The second-order valence-electron chi connectivity index (χ2n) is 11.6. The van der Waals surface area contributed by atoms with Crippen LogP contribution in [0.3, 0.4) is 0 Å². The molecule has 0 radical (unpaired) electrons. The molecule has 0 saturated heterocycles. The summed E-state index contributed by atoms with van der Waals surface area (Å²) in [5.74, 6) is 1.86. The Labute approximate surface area is 253 Å². The zero-order valence-corrected chi connectivity index (χ0v) is 24.6. The third-order valence-electron chi connectivity index (χ3n) is 8.77. The first-order valence-corrected chi connectivity index (χ1v) is 14.9. The lowest BCUT2D eigenvalue weighted by Crippen LogP contribution is -2.59. The van der Waals surface area contributed by atoms with Crippen LogP contribution in [0.5, 0.6) is 11.5 Å². The molecule has 6 aromatic rings. The molecular formula is C39H31BN2O. The molecule has 0 bridgehead atoms. The van der Waals surface area contributed by atoms with Crippen LogP contribution in [-0.2, 0) is 0 Å². The van der Waals surface area contributed by atoms with Gasteiger partial charge in [-0.05, 0) is 97.3 Å². The van der Waals surface area contributed by atoms with Crippen LogP contribution >= 0.6 is 0 Å². The van der Waals surface area contributed by atoms with Gasteiger partial charge in [-0.15, -0.1) is 0 Å². The summed E-state index contributed by atoms with van der Waals surface area (Å²) in [6, 6.07) is 48.1. The number of rotatable bonds is 4. The minimum Gasteiger partial charge on any atom is -0.458 e. The van der Waals surface area contributed by atoms with E-state index in [2.05, 4.69) is 164 Å². The van der Waals surface area contributed by atoms with Crippen LogP contribution in [0, 0.1) is 20.8 Å². The average Bonchev–Trinajstić information content (AvgIpc) is 3.04. The lowest BCUT2D eigenvalue weighted by molar-refractivity contribution is 0.484. The number of aryl methyl sites for hydroxylation is 3. The van der Waals surface area contributed by atoms with Crippen molar-refractivity contribution in [2.45, 2.75) is 20.8 Å². The summed E-state index contributed by atoms with van der Waals surface area (Å²) in [4.78, 5) is 4.69. The van der Waals surface area contributed by atoms with Gasteiger partial charge in [0, 0.05) is 40.2 Å². The highest BCUT2D eigenvalue weighted by Gasteiger charge is 2.42. The van der Waals surface area contributed by atoms with E-state index in [1.54, 1.807) is 0 Å². The number of nitrogens with zero attached hydrogens (tertiary/aromatic N) is 2. The molecule has 3 nitrogen and oxygen atoms in total. The van der Waals surface area contributed by atoms with E-state index >= 15 is 0 Å². The maximum absolute atomic E-state index is 6.90. The minimum absolute atomic E-state index is 0.0751. The monoisotopic (exact) mass is 554 g/mol. The van der Waals surface area contributed by atoms with Crippen molar-refractivity contribution >= 4 is 57.2 Å². The van der Waals surface area contributed by atoms with Gasteiger partial charge in [0.2, 0.25) is 0 Å². The van der Waals surface area contributed by atoms with Crippen molar-refractivity contribution in [2.75, 3.05) is 9.80 Å². The number of ether oxygens (including phenoxy) is 1. The van der Waals surface area contributed by atoms with E-state index in [0.717, 1.165) is 39.8 Å². The van der Waals surface area contributed by atoms with E-state index in [0.29, 0.717) is 0 Å². The maximum atomic E-state index is 6.90. The molecule has 2 aliphatic heterocycles. The topological polar surface area (TPSA) is 15.7 Å². The second-order valence-corrected chi connectivity index (χ2v) is 11.6. The standard InChI is InChI=1S/C39H31BN2O/c1-26-13-18-30(19-14-26)41(31-20-15-27(2)16-21-31)32-22-23-34-37(25-32)43-39-28(3)17-24-36-38(39)40(34)33-11-7-8-12-35(33)42(36)29-9-5-4-6-10-29/h4-25H,1-3H3. The second kappa shape index (κ2) is 9.96. The van der Waals surface area contributed by atoms with Crippen LogP contribution in [0.15, 0.2) is 133 Å². The summed E-state index contributed by atoms with van der Waals surface area (Å²) in [5.41, 5.74) is 14.2. The third kappa shape index (κ3) is 4.13. The summed E-state index contributed by atoms with van der Waals surface area (Å²) < 4.78 is 6.90. The van der Waals surface area contributed by atoms with Gasteiger partial charge in [0.05, 0.1) is 0 Å². The number of hydrogen-bond donors (Lipinski definition) is 0. The Bertz CT molecular complexity index is 1940. The third-order valence-corrected chi connectivity index (χ3v) is 8.77. The highest BCUT2D eigenvalue weighted by molar-refractivity contribution is 6.99. The highest BCUT2D eigenvalue weighted by Crippen LogP contribution is 2.43. The molecule has 0 spiro atoms. The predicted molar refractivity (Wildman–Crippen MR) is 181 cm³/mol. The van der Waals surface area contributed by atoms with Crippen molar-refractivity contribution in [3.63, 3.8) is 0 Å². The predicted octanol–water partition coefficient (Wildman–Crippen LogP) is 8.49. The van der Waals surface area contributed by atoms with Gasteiger partial charge in [0.1, 0.15) is 11.5 Å². The van der Waals surface area contributed by atoms with Gasteiger partial charge < -0.3 is 14.5 Å². The summed E-state index contributed by atoms with van der Waals surface area (Å²) in [6.07, 6.45) is 0. The molecule has 0 fully saturated rings. The van der Waals surface area contributed by atoms with Gasteiger partial charge in [-0.3, -0.25) is 0 Å². The van der Waals surface area contributed by atoms with Crippen molar-refractivity contribution in [3.8, 4) is 11.5 Å². The molecule has 43 heavy (non-hydrogen) atoms. The molecule has 6 aromatic carbocycles. The van der Waals surface area contributed by atoms with Crippen molar-refractivity contribution < 1.29 is 4.74 Å². The Balaban J connectivity index is 1.32. The highest BCUT2D eigenvalue weighted by atomic mass is 16.5. The van der Waals surface area contributed by atoms with Crippen molar-refractivity contribution in [2.24, 2.45) is 0 Å². The molecule has 0 N–H and O–H groups in total. The summed E-state index contributed by atoms with van der Waals surface area (Å²) in [6.45, 7) is 6.48. The van der Waals surface area contributed by atoms with E-state index in [1.807, 2.05) is 0 Å². The average molecular weight is 555 g/mol. The van der Waals surface area contributed by atoms with Gasteiger partial charge in [0.15, 0.2) is 0 Å². The fourth-order valence-electron chi connectivity index (χ4n) is 6.64. The number of benzene rings is 6. The molecule has 2 heterocycles. The smallest absolute Gasteiger partial charge is 0.256 e. The first kappa shape index (κ1) is 25.5. The molecule has 8 rings (SSSR count). The van der Waals surface area contributed by atoms with Crippen LogP contribution in [-0.4, -0.2) is 6.71 Å². The summed E-state index contributed by atoms with van der Waals surface area (Å²) >= 11 is 0. The zero-order valence-electron chi connectivity index (χ0n) is 24.6. The van der Waals surface area contributed by atoms with Gasteiger partial charge in [0.25, 0.3) is 6.71 Å². The van der Waals surface area contributed by atoms with Crippen molar-refractivity contribution in [1.82, 2.24) is 0 Å². The summed E-state index contributed by atoms with van der Waals surface area (Å²) in [7, 11) is 0. The van der Waals surface area contributed by atoms with Crippen molar-refractivity contribution in [1.29, 1.82) is 0 Å². The lowest BCUT2D eigenvalue weighted by Gasteiger charge is -2.40. The molecule has 0 unspecified atom stereocenters. The Kier molecular flexibility index (Phi) is 5.90.